The fourth-order valence-electron chi connectivity index (χ4n) is 3.36. The van der Waals surface area contributed by atoms with E-state index in [1.54, 1.807) is 12.1 Å². The highest BCUT2D eigenvalue weighted by Crippen LogP contribution is 2.24. The molecule has 2 aromatic rings. The van der Waals surface area contributed by atoms with E-state index in [1.807, 2.05) is 43.3 Å². The molecule has 0 heterocycles. The van der Waals surface area contributed by atoms with Crippen molar-refractivity contribution in [2.45, 2.75) is 46.1 Å². The molecule has 5 N–H and O–H groups in total. The summed E-state index contributed by atoms with van der Waals surface area (Å²) in [6.07, 6.45) is 4.43. The lowest BCUT2D eigenvalue weighted by molar-refractivity contribution is 0.475. The van der Waals surface area contributed by atoms with Gasteiger partial charge < -0.3 is 16.2 Å². The molecule has 0 aliphatic rings. The van der Waals surface area contributed by atoms with Crippen LogP contribution in [0.1, 0.15) is 57.2 Å². The average molecular weight is 404 g/mol. The fraction of sp³-hybridized carbons (Fsp3) is 0.269. The molecule has 0 aromatic heterocycles. The van der Waals surface area contributed by atoms with Crippen molar-refractivity contribution >= 4 is 11.8 Å². The van der Waals surface area contributed by atoms with E-state index >= 15 is 0 Å². The quantitative estimate of drug-likeness (QED) is 0.286. The summed E-state index contributed by atoms with van der Waals surface area (Å²) in [5, 5.41) is 21.6. The second-order valence-corrected chi connectivity index (χ2v) is 7.39. The number of nitrogens with one attached hydrogen (secondary N) is 2. The summed E-state index contributed by atoms with van der Waals surface area (Å²) in [6.45, 7) is 10.3. The zero-order chi connectivity index (χ0) is 22.1. The fourth-order valence-corrected chi connectivity index (χ4v) is 3.36. The van der Waals surface area contributed by atoms with Gasteiger partial charge in [-0.25, -0.2) is 0 Å². The summed E-state index contributed by atoms with van der Waals surface area (Å²) >= 11 is 0. The van der Waals surface area contributed by atoms with Crippen molar-refractivity contribution in [3.05, 3.63) is 94.8 Å². The van der Waals surface area contributed by atoms with Gasteiger partial charge in [-0.2, -0.15) is 0 Å². The van der Waals surface area contributed by atoms with Crippen molar-refractivity contribution in [3.63, 3.8) is 0 Å². The largest absolute Gasteiger partial charge is 0.508 e. The molecule has 4 heteroatoms. The molecule has 0 radical (unpaired) electrons. The van der Waals surface area contributed by atoms with Crippen LogP contribution in [0.25, 0.3) is 6.08 Å². The maximum Gasteiger partial charge on any atom is 0.115 e. The number of benzene rings is 2. The van der Waals surface area contributed by atoms with Gasteiger partial charge in [0, 0.05) is 17.3 Å². The highest BCUT2D eigenvalue weighted by Gasteiger charge is 2.16. The van der Waals surface area contributed by atoms with Crippen molar-refractivity contribution in [1.82, 2.24) is 5.32 Å². The Hall–Kier alpha value is -3.27. The molecular weight excluding hydrogens is 370 g/mol. The van der Waals surface area contributed by atoms with E-state index in [1.165, 1.54) is 0 Å². The minimum atomic E-state index is 0.0426. The molecule has 0 bridgehead atoms. The summed E-state index contributed by atoms with van der Waals surface area (Å²) in [5.74, 6) is 0.235. The highest BCUT2D eigenvalue weighted by molar-refractivity contribution is 6.10. The van der Waals surface area contributed by atoms with Crippen LogP contribution >= 0.6 is 0 Å². The van der Waals surface area contributed by atoms with E-state index in [0.717, 1.165) is 35.1 Å². The Morgan fingerprint density at radius 1 is 1.13 bits per heavy atom. The topological polar surface area (TPSA) is 82.1 Å². The number of rotatable bonds is 10. The summed E-state index contributed by atoms with van der Waals surface area (Å²) in [6, 6.07) is 17.2. The molecule has 0 aliphatic carbocycles. The van der Waals surface area contributed by atoms with Crippen molar-refractivity contribution in [2.75, 3.05) is 0 Å². The summed E-state index contributed by atoms with van der Waals surface area (Å²) in [7, 11) is 0. The first-order chi connectivity index (χ1) is 14.4. The van der Waals surface area contributed by atoms with Crippen LogP contribution in [0, 0.1) is 5.41 Å². The zero-order valence-corrected chi connectivity index (χ0v) is 18.2. The Bertz CT molecular complexity index is 925. The minimum absolute atomic E-state index is 0.0426. The molecule has 2 aromatic carbocycles. The normalized spacial score (nSPS) is 13.4. The molecule has 1 atom stereocenters. The van der Waals surface area contributed by atoms with Crippen LogP contribution in [0.3, 0.4) is 0 Å². The molecule has 0 saturated carbocycles. The molecule has 30 heavy (non-hydrogen) atoms. The summed E-state index contributed by atoms with van der Waals surface area (Å²) in [5.41, 5.74) is 12.0. The molecule has 4 nitrogen and oxygen atoms in total. The standard InChI is InChI=1S/C26H33N3O/c1-5-10-22(17-20-13-15-23(30)16-14-20)26(28)24(6-2)25(27)19(4)29-18(3)21-11-8-7-9-12-21/h7-9,11-18,27,29-30H,4-6,10,28H2,1-3H3/b22-17+,26-24-,27-25?/t18-/m0/s1. The van der Waals surface area contributed by atoms with Crippen LogP contribution < -0.4 is 11.1 Å². The lowest BCUT2D eigenvalue weighted by Gasteiger charge is -2.21. The molecule has 0 fully saturated rings. The third-order valence-electron chi connectivity index (χ3n) is 5.07. The lowest BCUT2D eigenvalue weighted by Crippen LogP contribution is -2.25. The van der Waals surface area contributed by atoms with Gasteiger partial charge in [0.1, 0.15) is 5.75 Å². The Morgan fingerprint density at radius 3 is 2.33 bits per heavy atom. The minimum Gasteiger partial charge on any atom is -0.508 e. The Morgan fingerprint density at radius 2 is 1.77 bits per heavy atom. The molecule has 0 unspecified atom stereocenters. The molecule has 158 valence electrons. The molecule has 0 amide bonds. The highest BCUT2D eigenvalue weighted by atomic mass is 16.3. The van der Waals surface area contributed by atoms with E-state index in [2.05, 4.69) is 37.9 Å². The predicted octanol–water partition coefficient (Wildman–Crippen LogP) is 6.08. The number of phenols is 1. The SMILES string of the molecule is C=C(N[C@@H](C)c1ccccc1)C(=N)/C(CC)=C(N)/C(=C/c1ccc(O)cc1)CCC. The van der Waals surface area contributed by atoms with Crippen LogP contribution in [0.15, 0.2) is 83.7 Å². The first-order valence-electron chi connectivity index (χ1n) is 10.5. The van der Waals surface area contributed by atoms with Gasteiger partial charge in [-0.15, -0.1) is 0 Å². The van der Waals surface area contributed by atoms with Crippen LogP contribution in [0.4, 0.5) is 0 Å². The summed E-state index contributed by atoms with van der Waals surface area (Å²) in [4.78, 5) is 0. The van der Waals surface area contributed by atoms with Gasteiger partial charge in [-0.05, 0) is 54.7 Å². The Labute approximate surface area is 180 Å². The smallest absolute Gasteiger partial charge is 0.115 e. The van der Waals surface area contributed by atoms with Gasteiger partial charge in [0.25, 0.3) is 0 Å². The molecule has 2 rings (SSSR count). The van der Waals surface area contributed by atoms with Crippen molar-refractivity contribution < 1.29 is 5.11 Å². The zero-order valence-electron chi connectivity index (χ0n) is 18.2. The van der Waals surface area contributed by atoms with Gasteiger partial charge in [-0.3, -0.25) is 5.41 Å². The van der Waals surface area contributed by atoms with Gasteiger partial charge in [-0.1, -0.05) is 69.3 Å². The van der Waals surface area contributed by atoms with Crippen molar-refractivity contribution in [1.29, 1.82) is 5.41 Å². The maximum absolute atomic E-state index is 9.52. The lowest BCUT2D eigenvalue weighted by atomic mass is 9.95. The monoisotopic (exact) mass is 403 g/mol. The predicted molar refractivity (Wildman–Crippen MR) is 127 cm³/mol. The van der Waals surface area contributed by atoms with Gasteiger partial charge >= 0.3 is 0 Å². The van der Waals surface area contributed by atoms with Crippen LogP contribution in [0.5, 0.6) is 5.75 Å². The first kappa shape index (κ1) is 23.0. The van der Waals surface area contributed by atoms with Crippen molar-refractivity contribution in [3.8, 4) is 5.75 Å². The molecular formula is C26H33N3O. The van der Waals surface area contributed by atoms with E-state index < -0.39 is 0 Å². The van der Waals surface area contributed by atoms with E-state index in [0.29, 0.717) is 23.5 Å². The number of nitrogens with two attached hydrogens (primary N) is 1. The summed E-state index contributed by atoms with van der Waals surface area (Å²) < 4.78 is 0. The van der Waals surface area contributed by atoms with E-state index in [9.17, 15) is 5.11 Å². The average Bonchev–Trinajstić information content (AvgIpc) is 2.75. The van der Waals surface area contributed by atoms with E-state index in [-0.39, 0.29) is 11.8 Å². The number of aromatic hydroxyl groups is 1. The van der Waals surface area contributed by atoms with Crippen LogP contribution in [-0.2, 0) is 0 Å². The van der Waals surface area contributed by atoms with Gasteiger partial charge in [0.05, 0.1) is 11.4 Å². The number of hydrogen-bond donors (Lipinski definition) is 4. The number of hydrogen-bond acceptors (Lipinski definition) is 4. The second kappa shape index (κ2) is 11.1. The van der Waals surface area contributed by atoms with Gasteiger partial charge in [0.2, 0.25) is 0 Å². The molecule has 0 spiro atoms. The third-order valence-corrected chi connectivity index (χ3v) is 5.07. The first-order valence-corrected chi connectivity index (χ1v) is 10.5. The van der Waals surface area contributed by atoms with Crippen LogP contribution in [-0.4, -0.2) is 10.8 Å². The maximum atomic E-state index is 9.52. The number of phenolic OH excluding ortho intramolecular Hbond substituents is 1. The van der Waals surface area contributed by atoms with Crippen molar-refractivity contribution in [2.24, 2.45) is 5.73 Å². The van der Waals surface area contributed by atoms with Crippen LogP contribution in [0.2, 0.25) is 0 Å². The molecule has 0 saturated heterocycles. The Balaban J connectivity index is 2.28. The number of allylic oxidation sites excluding steroid dienone is 2. The van der Waals surface area contributed by atoms with Gasteiger partial charge in [0.15, 0.2) is 0 Å². The third kappa shape index (κ3) is 6.11. The molecule has 0 aliphatic heterocycles. The van der Waals surface area contributed by atoms with E-state index in [4.69, 9.17) is 11.1 Å². The Kier molecular flexibility index (Phi) is 8.48. The second-order valence-electron chi connectivity index (χ2n) is 7.39.